The van der Waals surface area contributed by atoms with Crippen molar-refractivity contribution in [3.63, 3.8) is 0 Å². The van der Waals surface area contributed by atoms with E-state index in [9.17, 15) is 4.39 Å². The molecule has 0 saturated heterocycles. The van der Waals surface area contributed by atoms with E-state index >= 15 is 0 Å². The normalized spacial score (nSPS) is 10.4. The minimum atomic E-state index is -0.244. The molecule has 0 aliphatic heterocycles. The molecule has 0 aliphatic rings. The zero-order valence-electron chi connectivity index (χ0n) is 12.2. The van der Waals surface area contributed by atoms with E-state index in [0.717, 1.165) is 29.4 Å². The fourth-order valence-electron chi connectivity index (χ4n) is 2.07. The van der Waals surface area contributed by atoms with E-state index in [2.05, 4.69) is 15.3 Å². The summed E-state index contributed by atoms with van der Waals surface area (Å²) < 4.78 is 13.0. The highest BCUT2D eigenvalue weighted by Gasteiger charge is 2.13. The second-order valence-corrected chi connectivity index (χ2v) is 4.63. The molecule has 5 heteroatoms. The standard InChI is InChI=1S/C15H19FN4/c1-5-17-14-10(2)15(19-11(3)18-14)20(4)13-8-6-12(16)7-9-13/h6-9H,5H2,1-4H3,(H,17,18,19). The molecule has 1 aromatic carbocycles. The first kappa shape index (κ1) is 14.2. The van der Waals surface area contributed by atoms with Gasteiger partial charge in [0.25, 0.3) is 0 Å². The number of halogens is 1. The van der Waals surface area contributed by atoms with Crippen molar-refractivity contribution in [1.82, 2.24) is 9.97 Å². The molecule has 0 aliphatic carbocycles. The molecule has 1 heterocycles. The summed E-state index contributed by atoms with van der Waals surface area (Å²) in [5, 5.41) is 3.23. The van der Waals surface area contributed by atoms with Crippen LogP contribution in [0.25, 0.3) is 0 Å². The van der Waals surface area contributed by atoms with Crippen molar-refractivity contribution < 1.29 is 4.39 Å². The van der Waals surface area contributed by atoms with Crippen LogP contribution < -0.4 is 10.2 Å². The summed E-state index contributed by atoms with van der Waals surface area (Å²) in [7, 11) is 1.91. The lowest BCUT2D eigenvalue weighted by Gasteiger charge is -2.22. The maximum Gasteiger partial charge on any atom is 0.141 e. The molecule has 0 amide bonds. The molecule has 0 spiro atoms. The van der Waals surface area contributed by atoms with E-state index in [-0.39, 0.29) is 5.82 Å². The Morgan fingerprint density at radius 2 is 1.80 bits per heavy atom. The summed E-state index contributed by atoms with van der Waals surface area (Å²) in [6.07, 6.45) is 0. The number of anilines is 3. The Morgan fingerprint density at radius 3 is 2.40 bits per heavy atom. The molecule has 2 aromatic rings. The van der Waals surface area contributed by atoms with E-state index in [1.165, 1.54) is 12.1 Å². The van der Waals surface area contributed by atoms with E-state index < -0.39 is 0 Å². The molecule has 20 heavy (non-hydrogen) atoms. The fraction of sp³-hybridized carbons (Fsp3) is 0.333. The van der Waals surface area contributed by atoms with Gasteiger partial charge in [-0.05, 0) is 45.0 Å². The van der Waals surface area contributed by atoms with Gasteiger partial charge >= 0.3 is 0 Å². The predicted octanol–water partition coefficient (Wildman–Crippen LogP) is 3.43. The van der Waals surface area contributed by atoms with Crippen LogP contribution in [0.2, 0.25) is 0 Å². The topological polar surface area (TPSA) is 41.1 Å². The highest BCUT2D eigenvalue weighted by atomic mass is 19.1. The Morgan fingerprint density at radius 1 is 1.15 bits per heavy atom. The molecule has 0 bridgehead atoms. The Bertz CT molecular complexity index is 596. The van der Waals surface area contributed by atoms with E-state index in [4.69, 9.17) is 0 Å². The molecule has 4 nitrogen and oxygen atoms in total. The largest absolute Gasteiger partial charge is 0.370 e. The van der Waals surface area contributed by atoms with Crippen LogP contribution in [0.5, 0.6) is 0 Å². The van der Waals surface area contributed by atoms with Crippen LogP contribution in [0.15, 0.2) is 24.3 Å². The van der Waals surface area contributed by atoms with E-state index in [1.807, 2.05) is 32.7 Å². The number of aromatic nitrogens is 2. The first-order valence-corrected chi connectivity index (χ1v) is 6.61. The van der Waals surface area contributed by atoms with Crippen molar-refractivity contribution in [2.24, 2.45) is 0 Å². The molecule has 2 rings (SSSR count). The zero-order chi connectivity index (χ0) is 14.7. The van der Waals surface area contributed by atoms with Crippen LogP contribution in [0.3, 0.4) is 0 Å². The third-order valence-corrected chi connectivity index (χ3v) is 3.11. The Hall–Kier alpha value is -2.17. The van der Waals surface area contributed by atoms with Crippen LogP contribution in [-0.4, -0.2) is 23.6 Å². The molecule has 1 aromatic heterocycles. The fourth-order valence-corrected chi connectivity index (χ4v) is 2.07. The molecule has 106 valence electrons. The van der Waals surface area contributed by atoms with Gasteiger partial charge < -0.3 is 10.2 Å². The summed E-state index contributed by atoms with van der Waals surface area (Å²) in [4.78, 5) is 10.8. The van der Waals surface area contributed by atoms with Crippen LogP contribution >= 0.6 is 0 Å². The van der Waals surface area contributed by atoms with Crippen molar-refractivity contribution in [3.05, 3.63) is 41.5 Å². The number of aryl methyl sites for hydroxylation is 1. The van der Waals surface area contributed by atoms with Gasteiger partial charge in [0.2, 0.25) is 0 Å². The van der Waals surface area contributed by atoms with E-state index in [1.54, 1.807) is 12.1 Å². The highest BCUT2D eigenvalue weighted by molar-refractivity contribution is 5.66. The lowest BCUT2D eigenvalue weighted by atomic mass is 10.2. The van der Waals surface area contributed by atoms with Crippen LogP contribution in [0.1, 0.15) is 18.3 Å². The number of hydrogen-bond acceptors (Lipinski definition) is 4. The van der Waals surface area contributed by atoms with Crippen molar-refractivity contribution in [1.29, 1.82) is 0 Å². The number of benzene rings is 1. The van der Waals surface area contributed by atoms with Gasteiger partial charge in [-0.3, -0.25) is 0 Å². The summed E-state index contributed by atoms with van der Waals surface area (Å²) >= 11 is 0. The Labute approximate surface area is 118 Å². The first-order valence-electron chi connectivity index (χ1n) is 6.61. The minimum absolute atomic E-state index is 0.244. The third-order valence-electron chi connectivity index (χ3n) is 3.11. The van der Waals surface area contributed by atoms with Gasteiger partial charge in [0, 0.05) is 24.8 Å². The molecule has 0 saturated carbocycles. The zero-order valence-corrected chi connectivity index (χ0v) is 12.2. The van der Waals surface area contributed by atoms with Gasteiger partial charge in [0.05, 0.1) is 0 Å². The second kappa shape index (κ2) is 5.86. The summed E-state index contributed by atoms with van der Waals surface area (Å²) in [6.45, 7) is 6.67. The SMILES string of the molecule is CCNc1nc(C)nc(N(C)c2ccc(F)cc2)c1C. The lowest BCUT2D eigenvalue weighted by molar-refractivity contribution is 0.628. The van der Waals surface area contributed by atoms with Gasteiger partial charge in [0.1, 0.15) is 23.3 Å². The number of hydrogen-bond donors (Lipinski definition) is 1. The first-order chi connectivity index (χ1) is 9.52. The van der Waals surface area contributed by atoms with Crippen molar-refractivity contribution in [3.8, 4) is 0 Å². The molecule has 1 N–H and O–H groups in total. The van der Waals surface area contributed by atoms with Crippen LogP contribution in [-0.2, 0) is 0 Å². The molecule has 0 radical (unpaired) electrons. The van der Waals surface area contributed by atoms with Crippen LogP contribution in [0.4, 0.5) is 21.7 Å². The molecule has 0 unspecified atom stereocenters. The van der Waals surface area contributed by atoms with Gasteiger partial charge in [-0.2, -0.15) is 0 Å². The smallest absolute Gasteiger partial charge is 0.141 e. The maximum absolute atomic E-state index is 13.0. The summed E-state index contributed by atoms with van der Waals surface area (Å²) in [5.41, 5.74) is 1.86. The van der Waals surface area contributed by atoms with Gasteiger partial charge in [0.15, 0.2) is 0 Å². The molecular weight excluding hydrogens is 255 g/mol. The monoisotopic (exact) mass is 274 g/mol. The Balaban J connectivity index is 2.43. The maximum atomic E-state index is 13.0. The molecule has 0 fully saturated rings. The lowest BCUT2D eigenvalue weighted by Crippen LogP contribution is -2.16. The van der Waals surface area contributed by atoms with Crippen molar-refractivity contribution in [2.45, 2.75) is 20.8 Å². The average molecular weight is 274 g/mol. The predicted molar refractivity (Wildman–Crippen MR) is 80.1 cm³/mol. The van der Waals surface area contributed by atoms with Crippen molar-refractivity contribution >= 4 is 17.3 Å². The van der Waals surface area contributed by atoms with Crippen molar-refractivity contribution in [2.75, 3.05) is 23.8 Å². The number of nitrogens with one attached hydrogen (secondary N) is 1. The summed E-state index contributed by atoms with van der Waals surface area (Å²) in [6, 6.07) is 6.36. The Kier molecular flexibility index (Phi) is 4.17. The van der Waals surface area contributed by atoms with Gasteiger partial charge in [-0.15, -0.1) is 0 Å². The number of rotatable bonds is 4. The highest BCUT2D eigenvalue weighted by Crippen LogP contribution is 2.28. The minimum Gasteiger partial charge on any atom is -0.370 e. The van der Waals surface area contributed by atoms with Gasteiger partial charge in [-0.25, -0.2) is 14.4 Å². The average Bonchev–Trinajstić information content (AvgIpc) is 2.43. The third kappa shape index (κ3) is 2.87. The van der Waals surface area contributed by atoms with E-state index in [0.29, 0.717) is 5.82 Å². The van der Waals surface area contributed by atoms with Gasteiger partial charge in [-0.1, -0.05) is 0 Å². The quantitative estimate of drug-likeness (QED) is 0.927. The second-order valence-electron chi connectivity index (χ2n) is 4.63. The summed E-state index contributed by atoms with van der Waals surface area (Å²) in [5.74, 6) is 2.12. The van der Waals surface area contributed by atoms with Crippen LogP contribution in [0, 0.1) is 19.7 Å². The molecular formula is C15H19FN4. The molecule has 0 atom stereocenters. The number of nitrogens with zero attached hydrogens (tertiary/aromatic N) is 3.